The van der Waals surface area contributed by atoms with Gasteiger partial charge in [-0.2, -0.15) is 0 Å². The molecule has 1 aliphatic carbocycles. The fraction of sp³-hybridized carbons (Fsp3) is 0.867. The molecule has 1 rings (SSSR count). The summed E-state index contributed by atoms with van der Waals surface area (Å²) < 4.78 is 0. The van der Waals surface area contributed by atoms with Crippen LogP contribution >= 0.6 is 0 Å². The van der Waals surface area contributed by atoms with Crippen LogP contribution in [0.4, 0.5) is 0 Å². The van der Waals surface area contributed by atoms with Gasteiger partial charge in [0.15, 0.2) is 0 Å². The largest absolute Gasteiger partial charge is 0.481 e. The summed E-state index contributed by atoms with van der Waals surface area (Å²) in [6.07, 6.45) is 8.24. The Morgan fingerprint density at radius 1 is 1.21 bits per heavy atom. The van der Waals surface area contributed by atoms with Gasteiger partial charge in [0.1, 0.15) is 0 Å². The minimum Gasteiger partial charge on any atom is -0.481 e. The molecule has 1 amide bonds. The quantitative estimate of drug-likeness (QED) is 0.666. The number of carboxylic acids is 1. The highest BCUT2D eigenvalue weighted by Crippen LogP contribution is 2.30. The molecule has 19 heavy (non-hydrogen) atoms. The molecule has 0 radical (unpaired) electrons. The highest BCUT2D eigenvalue weighted by Gasteiger charge is 2.18. The van der Waals surface area contributed by atoms with Crippen molar-refractivity contribution in [1.82, 2.24) is 5.32 Å². The van der Waals surface area contributed by atoms with Gasteiger partial charge in [0.2, 0.25) is 5.91 Å². The molecule has 0 heterocycles. The lowest BCUT2D eigenvalue weighted by molar-refractivity contribution is -0.137. The normalized spacial score (nSPS) is 23.0. The summed E-state index contributed by atoms with van der Waals surface area (Å²) in [5.74, 6) is 0.891. The maximum atomic E-state index is 11.5. The van der Waals surface area contributed by atoms with Gasteiger partial charge < -0.3 is 10.4 Å². The molecule has 2 N–H and O–H groups in total. The molecule has 110 valence electrons. The minimum absolute atomic E-state index is 0.0641. The van der Waals surface area contributed by atoms with Crippen molar-refractivity contribution in [3.8, 4) is 0 Å². The van der Waals surface area contributed by atoms with Crippen molar-refractivity contribution in [2.24, 2.45) is 11.8 Å². The molecule has 2 atom stereocenters. The van der Waals surface area contributed by atoms with E-state index in [2.05, 4.69) is 12.2 Å². The van der Waals surface area contributed by atoms with Crippen LogP contribution < -0.4 is 5.32 Å². The van der Waals surface area contributed by atoms with E-state index < -0.39 is 5.97 Å². The second-order valence-electron chi connectivity index (χ2n) is 5.88. The van der Waals surface area contributed by atoms with Crippen molar-refractivity contribution < 1.29 is 14.7 Å². The first-order valence-electron chi connectivity index (χ1n) is 7.56. The van der Waals surface area contributed by atoms with Gasteiger partial charge in [0.05, 0.1) is 0 Å². The monoisotopic (exact) mass is 269 g/mol. The fourth-order valence-corrected chi connectivity index (χ4v) is 2.89. The number of hydrogen-bond acceptors (Lipinski definition) is 2. The number of carbonyl (C=O) groups is 2. The average molecular weight is 269 g/mol. The summed E-state index contributed by atoms with van der Waals surface area (Å²) in [6, 6.07) is 0. The number of rotatable bonds is 8. The van der Waals surface area contributed by atoms with Gasteiger partial charge in [-0.25, -0.2) is 0 Å². The molecule has 0 bridgehead atoms. The van der Waals surface area contributed by atoms with E-state index in [0.29, 0.717) is 19.3 Å². The first kappa shape index (κ1) is 16.0. The maximum Gasteiger partial charge on any atom is 0.303 e. The molecule has 1 aliphatic rings. The number of carbonyl (C=O) groups excluding carboxylic acids is 1. The Balaban J connectivity index is 1.99. The Hall–Kier alpha value is -1.06. The van der Waals surface area contributed by atoms with Gasteiger partial charge in [0, 0.05) is 19.4 Å². The van der Waals surface area contributed by atoms with E-state index in [9.17, 15) is 9.59 Å². The summed E-state index contributed by atoms with van der Waals surface area (Å²) in [7, 11) is 0. The predicted octanol–water partition coefficient (Wildman–Crippen LogP) is 2.96. The molecule has 2 unspecified atom stereocenters. The summed E-state index contributed by atoms with van der Waals surface area (Å²) in [5, 5.41) is 11.4. The molecular formula is C15H27NO3. The topological polar surface area (TPSA) is 66.4 Å². The number of amides is 1. The Bertz CT molecular complexity index is 291. The van der Waals surface area contributed by atoms with E-state index in [1.807, 2.05) is 0 Å². The SMILES string of the molecule is CC1CCCC(CCNC(=O)CCCCC(=O)O)C1. The molecule has 0 aromatic heterocycles. The Morgan fingerprint density at radius 3 is 2.63 bits per heavy atom. The van der Waals surface area contributed by atoms with Crippen molar-refractivity contribution in [2.75, 3.05) is 6.54 Å². The van der Waals surface area contributed by atoms with E-state index in [-0.39, 0.29) is 12.3 Å². The van der Waals surface area contributed by atoms with Crippen LogP contribution in [0.5, 0.6) is 0 Å². The molecular weight excluding hydrogens is 242 g/mol. The highest BCUT2D eigenvalue weighted by atomic mass is 16.4. The van der Waals surface area contributed by atoms with E-state index >= 15 is 0 Å². The molecule has 0 saturated heterocycles. The minimum atomic E-state index is -0.785. The lowest BCUT2D eigenvalue weighted by atomic mass is 9.81. The second-order valence-corrected chi connectivity index (χ2v) is 5.88. The lowest BCUT2D eigenvalue weighted by Crippen LogP contribution is -2.26. The predicted molar refractivity (Wildman–Crippen MR) is 74.9 cm³/mol. The number of unbranched alkanes of at least 4 members (excludes halogenated alkanes) is 1. The Morgan fingerprint density at radius 2 is 1.95 bits per heavy atom. The van der Waals surface area contributed by atoms with Crippen LogP contribution in [-0.2, 0) is 9.59 Å². The van der Waals surface area contributed by atoms with Crippen LogP contribution in [0.2, 0.25) is 0 Å². The molecule has 0 aromatic rings. The summed E-state index contributed by atoms with van der Waals surface area (Å²) in [6.45, 7) is 3.09. The van der Waals surface area contributed by atoms with Crippen LogP contribution in [0.15, 0.2) is 0 Å². The molecule has 4 heteroatoms. The van der Waals surface area contributed by atoms with Crippen LogP contribution in [0.25, 0.3) is 0 Å². The van der Waals surface area contributed by atoms with Crippen molar-refractivity contribution in [2.45, 2.75) is 64.7 Å². The van der Waals surface area contributed by atoms with Gasteiger partial charge in [-0.1, -0.05) is 26.2 Å². The summed E-state index contributed by atoms with van der Waals surface area (Å²) >= 11 is 0. The number of aliphatic carboxylic acids is 1. The van der Waals surface area contributed by atoms with Crippen molar-refractivity contribution in [1.29, 1.82) is 0 Å². The van der Waals surface area contributed by atoms with E-state index in [1.165, 1.54) is 25.7 Å². The zero-order valence-corrected chi connectivity index (χ0v) is 12.0. The van der Waals surface area contributed by atoms with E-state index in [1.54, 1.807) is 0 Å². The third kappa shape index (κ3) is 7.85. The van der Waals surface area contributed by atoms with E-state index in [0.717, 1.165) is 24.8 Å². The van der Waals surface area contributed by atoms with Gasteiger partial charge in [-0.05, 0) is 37.5 Å². The number of nitrogens with one attached hydrogen (secondary N) is 1. The van der Waals surface area contributed by atoms with Gasteiger partial charge >= 0.3 is 5.97 Å². The summed E-state index contributed by atoms with van der Waals surface area (Å²) in [4.78, 5) is 21.9. The smallest absolute Gasteiger partial charge is 0.303 e. The fourth-order valence-electron chi connectivity index (χ4n) is 2.89. The van der Waals surface area contributed by atoms with Crippen LogP contribution in [0.3, 0.4) is 0 Å². The maximum absolute atomic E-state index is 11.5. The zero-order valence-electron chi connectivity index (χ0n) is 12.0. The van der Waals surface area contributed by atoms with Crippen LogP contribution in [0, 0.1) is 11.8 Å². The lowest BCUT2D eigenvalue weighted by Gasteiger charge is -2.26. The Labute approximate surface area is 116 Å². The number of carboxylic acid groups (broad SMARTS) is 1. The zero-order chi connectivity index (χ0) is 14.1. The summed E-state index contributed by atoms with van der Waals surface area (Å²) in [5.41, 5.74) is 0. The number of hydrogen-bond donors (Lipinski definition) is 2. The molecule has 1 saturated carbocycles. The van der Waals surface area contributed by atoms with Crippen LogP contribution in [-0.4, -0.2) is 23.5 Å². The van der Waals surface area contributed by atoms with Gasteiger partial charge in [-0.3, -0.25) is 9.59 Å². The molecule has 4 nitrogen and oxygen atoms in total. The first-order valence-corrected chi connectivity index (χ1v) is 7.56. The van der Waals surface area contributed by atoms with Gasteiger partial charge in [0.25, 0.3) is 0 Å². The first-order chi connectivity index (χ1) is 9.08. The molecule has 0 aliphatic heterocycles. The molecule has 0 aromatic carbocycles. The average Bonchev–Trinajstić information content (AvgIpc) is 2.34. The van der Waals surface area contributed by atoms with Crippen molar-refractivity contribution in [3.05, 3.63) is 0 Å². The van der Waals surface area contributed by atoms with E-state index in [4.69, 9.17) is 5.11 Å². The second kappa shape index (κ2) is 8.94. The molecule has 1 fully saturated rings. The third-order valence-electron chi connectivity index (χ3n) is 3.96. The third-order valence-corrected chi connectivity index (χ3v) is 3.96. The van der Waals surface area contributed by atoms with Crippen LogP contribution in [0.1, 0.15) is 64.7 Å². The Kier molecular flexibility index (Phi) is 7.53. The molecule has 0 spiro atoms. The highest BCUT2D eigenvalue weighted by molar-refractivity contribution is 5.75. The van der Waals surface area contributed by atoms with Crippen molar-refractivity contribution in [3.63, 3.8) is 0 Å². The van der Waals surface area contributed by atoms with Crippen molar-refractivity contribution >= 4 is 11.9 Å². The standard InChI is InChI=1S/C15H27NO3/c1-12-5-4-6-13(11-12)9-10-16-14(17)7-2-3-8-15(18)19/h12-13H,2-11H2,1H3,(H,16,17)(H,18,19). The van der Waals surface area contributed by atoms with Gasteiger partial charge in [-0.15, -0.1) is 0 Å².